The smallest absolute Gasteiger partial charge is 0.0772 e. The van der Waals surface area contributed by atoms with Gasteiger partial charge in [-0.2, -0.15) is 0 Å². The summed E-state index contributed by atoms with van der Waals surface area (Å²) in [6, 6.07) is 31.0. The topological polar surface area (TPSA) is 4.93 Å². The van der Waals surface area contributed by atoms with Crippen molar-refractivity contribution in [2.24, 2.45) is 0 Å². The minimum Gasteiger partial charge on any atom is -0.329 e. The molecule has 30 heavy (non-hydrogen) atoms. The number of allylic oxidation sites excluding steroid dienone is 1. The Morgan fingerprint density at radius 1 is 0.767 bits per heavy atom. The molecule has 1 aromatic heterocycles. The van der Waals surface area contributed by atoms with Gasteiger partial charge in [-0.25, -0.2) is 0 Å². The van der Waals surface area contributed by atoms with E-state index in [1.807, 2.05) is 11.8 Å². The number of para-hydroxylation sites is 1. The Hall–Kier alpha value is -2.71. The van der Waals surface area contributed by atoms with Crippen molar-refractivity contribution in [3.63, 3.8) is 0 Å². The maximum absolute atomic E-state index is 2.72. The van der Waals surface area contributed by atoms with E-state index in [0.29, 0.717) is 0 Å². The Balaban J connectivity index is 1.70. The minimum absolute atomic E-state index is 0.0783. The van der Waals surface area contributed by atoms with Crippen molar-refractivity contribution in [2.75, 3.05) is 0 Å². The Morgan fingerprint density at radius 3 is 2.13 bits per heavy atom. The van der Waals surface area contributed by atoms with Crippen LogP contribution < -0.4 is 0 Å². The van der Waals surface area contributed by atoms with Gasteiger partial charge in [-0.3, -0.25) is 0 Å². The Kier molecular flexibility index (Phi) is 4.17. The van der Waals surface area contributed by atoms with E-state index in [4.69, 9.17) is 0 Å². The molecule has 2 aliphatic rings. The molecule has 1 aliphatic carbocycles. The van der Waals surface area contributed by atoms with Crippen molar-refractivity contribution in [1.29, 1.82) is 0 Å². The van der Waals surface area contributed by atoms with Crippen molar-refractivity contribution >= 4 is 28.2 Å². The van der Waals surface area contributed by atoms with Crippen LogP contribution in [-0.2, 0) is 5.54 Å². The summed E-state index contributed by atoms with van der Waals surface area (Å²) in [5, 5.41) is 1.40. The molecule has 1 aliphatic heterocycles. The molecule has 0 radical (unpaired) electrons. The van der Waals surface area contributed by atoms with E-state index in [2.05, 4.69) is 96.4 Å². The third kappa shape index (κ3) is 2.50. The van der Waals surface area contributed by atoms with Crippen LogP contribution in [0.4, 0.5) is 0 Å². The van der Waals surface area contributed by atoms with E-state index in [1.54, 1.807) is 4.91 Å². The molecule has 0 N–H and O–H groups in total. The van der Waals surface area contributed by atoms with E-state index in [1.165, 1.54) is 63.9 Å². The van der Waals surface area contributed by atoms with Gasteiger partial charge in [0.15, 0.2) is 0 Å². The maximum Gasteiger partial charge on any atom is 0.0772 e. The summed E-state index contributed by atoms with van der Waals surface area (Å²) >= 11 is 1.99. The average molecular weight is 408 g/mol. The lowest BCUT2D eigenvalue weighted by Crippen LogP contribution is -2.28. The zero-order valence-corrected chi connectivity index (χ0v) is 18.1. The van der Waals surface area contributed by atoms with Crippen LogP contribution in [0.25, 0.3) is 16.5 Å². The average Bonchev–Trinajstić information content (AvgIpc) is 3.47. The van der Waals surface area contributed by atoms with Gasteiger partial charge in [0.25, 0.3) is 0 Å². The largest absolute Gasteiger partial charge is 0.329 e. The van der Waals surface area contributed by atoms with Gasteiger partial charge in [0.1, 0.15) is 0 Å². The summed E-state index contributed by atoms with van der Waals surface area (Å²) in [5.41, 5.74) is 7.10. The Morgan fingerprint density at radius 2 is 1.40 bits per heavy atom. The molecule has 1 spiro atoms. The fourth-order valence-electron chi connectivity index (χ4n) is 5.62. The van der Waals surface area contributed by atoms with Crippen LogP contribution >= 0.6 is 11.8 Å². The first-order valence-electron chi connectivity index (χ1n) is 10.9. The third-order valence-electron chi connectivity index (χ3n) is 6.90. The second kappa shape index (κ2) is 6.92. The highest BCUT2D eigenvalue weighted by Gasteiger charge is 2.49. The van der Waals surface area contributed by atoms with E-state index in [-0.39, 0.29) is 5.54 Å². The van der Waals surface area contributed by atoms with Crippen molar-refractivity contribution in [3.8, 4) is 0 Å². The van der Waals surface area contributed by atoms with Gasteiger partial charge >= 0.3 is 0 Å². The molecule has 4 aromatic rings. The second-order valence-electron chi connectivity index (χ2n) is 8.55. The molecule has 1 nitrogen and oxygen atoms in total. The van der Waals surface area contributed by atoms with Crippen LogP contribution in [0.5, 0.6) is 0 Å². The number of aromatic nitrogens is 1. The molecule has 1 fully saturated rings. The number of thioether (sulfide) groups is 1. The summed E-state index contributed by atoms with van der Waals surface area (Å²) in [6.45, 7) is 2.32. The second-order valence-corrected chi connectivity index (χ2v) is 9.63. The molecule has 0 atom stereocenters. The zero-order chi connectivity index (χ0) is 20.1. The van der Waals surface area contributed by atoms with Crippen LogP contribution in [0, 0.1) is 6.92 Å². The van der Waals surface area contributed by atoms with Gasteiger partial charge in [0.2, 0.25) is 0 Å². The monoisotopic (exact) mass is 407 g/mol. The van der Waals surface area contributed by atoms with Crippen LogP contribution in [0.3, 0.4) is 0 Å². The molecule has 2 heterocycles. The number of hydrogen-bond donors (Lipinski definition) is 0. The lowest BCUT2D eigenvalue weighted by atomic mass is 9.93. The van der Waals surface area contributed by atoms with Crippen molar-refractivity contribution in [1.82, 2.24) is 4.57 Å². The summed E-state index contributed by atoms with van der Waals surface area (Å²) in [4.78, 5) is 2.88. The lowest BCUT2D eigenvalue weighted by Gasteiger charge is -2.31. The van der Waals surface area contributed by atoms with Gasteiger partial charge < -0.3 is 4.57 Å². The lowest BCUT2D eigenvalue weighted by molar-refractivity contribution is 0.398. The molecule has 0 bridgehead atoms. The van der Waals surface area contributed by atoms with Gasteiger partial charge in [0, 0.05) is 26.3 Å². The van der Waals surface area contributed by atoms with Crippen LogP contribution in [0.15, 0.2) is 94.7 Å². The third-order valence-corrected chi connectivity index (χ3v) is 8.19. The highest BCUT2D eigenvalue weighted by atomic mass is 32.2. The Labute approximate surface area is 182 Å². The number of fused-ring (bicyclic) bond motifs is 4. The van der Waals surface area contributed by atoms with Gasteiger partial charge in [0.05, 0.1) is 11.2 Å². The number of hydrogen-bond acceptors (Lipinski definition) is 1. The SMILES string of the molecule is Cc1c2n(c3ccccc13)C1(CCCC1)C(Sc1ccccc1)=C2c1ccccc1. The minimum atomic E-state index is 0.0783. The molecular weight excluding hydrogens is 382 g/mol. The first-order chi connectivity index (χ1) is 14.8. The number of nitrogens with zero attached hydrogens (tertiary/aromatic N) is 1. The highest BCUT2D eigenvalue weighted by Crippen LogP contribution is 2.60. The quantitative estimate of drug-likeness (QED) is 0.335. The molecule has 1 saturated carbocycles. The summed E-state index contributed by atoms with van der Waals surface area (Å²) < 4.78 is 2.72. The summed E-state index contributed by atoms with van der Waals surface area (Å²) in [5.74, 6) is 0. The van der Waals surface area contributed by atoms with Gasteiger partial charge in [-0.15, -0.1) is 0 Å². The first-order valence-corrected chi connectivity index (χ1v) is 11.8. The molecule has 2 heteroatoms. The fourth-order valence-corrected chi connectivity index (χ4v) is 6.95. The molecule has 0 amide bonds. The van der Waals surface area contributed by atoms with E-state index >= 15 is 0 Å². The fraction of sp³-hybridized carbons (Fsp3) is 0.214. The molecule has 6 rings (SSSR count). The van der Waals surface area contributed by atoms with Crippen LogP contribution in [-0.4, -0.2) is 4.57 Å². The normalized spacial score (nSPS) is 17.2. The molecular formula is C28H25NS. The first kappa shape index (κ1) is 18.1. The van der Waals surface area contributed by atoms with Gasteiger partial charge in [-0.05, 0) is 49.1 Å². The summed E-state index contributed by atoms with van der Waals surface area (Å²) in [6.07, 6.45) is 5.05. The zero-order valence-electron chi connectivity index (χ0n) is 17.3. The maximum atomic E-state index is 2.72. The van der Waals surface area contributed by atoms with Crippen LogP contribution in [0.2, 0.25) is 0 Å². The number of aryl methyl sites for hydroxylation is 1. The number of benzene rings is 3. The summed E-state index contributed by atoms with van der Waals surface area (Å²) in [7, 11) is 0. The van der Waals surface area contributed by atoms with Crippen molar-refractivity contribution in [2.45, 2.75) is 43.0 Å². The molecule has 0 saturated heterocycles. The predicted octanol–water partition coefficient (Wildman–Crippen LogP) is 7.78. The highest BCUT2D eigenvalue weighted by molar-refractivity contribution is 8.03. The van der Waals surface area contributed by atoms with Gasteiger partial charge in [-0.1, -0.05) is 91.3 Å². The van der Waals surface area contributed by atoms with Crippen molar-refractivity contribution in [3.05, 3.63) is 107 Å². The molecule has 0 unspecified atom stereocenters. The van der Waals surface area contributed by atoms with E-state index in [9.17, 15) is 0 Å². The van der Waals surface area contributed by atoms with Crippen molar-refractivity contribution < 1.29 is 0 Å². The predicted molar refractivity (Wildman–Crippen MR) is 128 cm³/mol. The molecule has 3 aromatic carbocycles. The Bertz CT molecular complexity index is 1260. The molecule has 148 valence electrons. The van der Waals surface area contributed by atoms with Crippen LogP contribution in [0.1, 0.15) is 42.5 Å². The number of rotatable bonds is 3. The van der Waals surface area contributed by atoms with E-state index < -0.39 is 0 Å². The van der Waals surface area contributed by atoms with E-state index in [0.717, 1.165) is 0 Å². The standard InChI is InChI=1S/C28H25NS/c1-20-23-16-8-9-17-24(23)29-26(20)25(21-12-4-2-5-13-21)27(28(29)18-10-11-19-28)30-22-14-6-3-7-15-22/h2-9,12-17H,10-11,18-19H2,1H3.